The number of amides is 1. The molecular weight excluding hydrogens is 318 g/mol. The van der Waals surface area contributed by atoms with Crippen LogP contribution in [0.1, 0.15) is 6.42 Å². The number of anilines is 1. The van der Waals surface area contributed by atoms with Crippen molar-refractivity contribution in [3.63, 3.8) is 0 Å². The molecule has 0 bridgehead atoms. The lowest BCUT2D eigenvalue weighted by atomic mass is 10.1. The van der Waals surface area contributed by atoms with Crippen LogP contribution in [0, 0.1) is 5.92 Å². The molecule has 0 spiro atoms. The highest BCUT2D eigenvalue weighted by Crippen LogP contribution is 2.28. The minimum absolute atomic E-state index is 0.0467. The molecule has 9 heteroatoms. The number of hydrogen-bond acceptors (Lipinski definition) is 4. The van der Waals surface area contributed by atoms with Crippen molar-refractivity contribution >= 4 is 45.2 Å². The highest BCUT2D eigenvalue weighted by atomic mass is 35.5. The summed E-state index contributed by atoms with van der Waals surface area (Å²) in [5.41, 5.74) is 0. The Kier molecular flexibility index (Phi) is 3.98. The Morgan fingerprint density at radius 1 is 1.42 bits per heavy atom. The highest BCUT2D eigenvalue weighted by molar-refractivity contribution is 7.86. The number of pyridine rings is 1. The summed E-state index contributed by atoms with van der Waals surface area (Å²) in [6.07, 6.45) is -0.0467. The fraction of sp³-hybridized carbons (Fsp3) is 0.400. The second kappa shape index (κ2) is 5.22. The molecule has 0 saturated carbocycles. The summed E-state index contributed by atoms with van der Waals surface area (Å²) in [5, 5.41) is 0.432. The normalized spacial score (nSPS) is 20.1. The van der Waals surface area contributed by atoms with Crippen LogP contribution in [-0.4, -0.2) is 31.6 Å². The third kappa shape index (κ3) is 3.77. The van der Waals surface area contributed by atoms with Crippen molar-refractivity contribution < 1.29 is 17.1 Å². The largest absolute Gasteiger partial charge is 0.302 e. The first-order valence-electron chi connectivity index (χ1n) is 5.30. The number of aromatic nitrogens is 1. The predicted octanol–water partition coefficient (Wildman–Crippen LogP) is 2.04. The molecule has 5 nitrogen and oxygen atoms in total. The summed E-state index contributed by atoms with van der Waals surface area (Å²) in [5.74, 6) is -1.37. The van der Waals surface area contributed by atoms with Crippen LogP contribution in [0.2, 0.25) is 10.2 Å². The van der Waals surface area contributed by atoms with Crippen molar-refractivity contribution in [2.75, 3.05) is 17.2 Å². The lowest BCUT2D eigenvalue weighted by Gasteiger charge is -2.15. The van der Waals surface area contributed by atoms with Crippen molar-refractivity contribution in [1.29, 1.82) is 0 Å². The van der Waals surface area contributed by atoms with Crippen LogP contribution in [-0.2, 0) is 15.0 Å². The molecule has 1 aliphatic rings. The smallest absolute Gasteiger partial charge is 0.296 e. The van der Waals surface area contributed by atoms with Gasteiger partial charge in [-0.2, -0.15) is 8.42 Å². The summed E-state index contributed by atoms with van der Waals surface area (Å²) >= 11 is 11.5. The molecule has 1 fully saturated rings. The van der Waals surface area contributed by atoms with Gasteiger partial charge in [0.25, 0.3) is 0 Å². The minimum atomic E-state index is -4.60. The van der Waals surface area contributed by atoms with E-state index in [0.717, 1.165) is 0 Å². The maximum atomic E-state index is 12.6. The second-order valence-corrected chi connectivity index (χ2v) is 6.48. The molecular formula is C10H9Cl2FN2O3S. The Balaban J connectivity index is 2.20. The van der Waals surface area contributed by atoms with Gasteiger partial charge in [-0.05, 0) is 12.1 Å². The quantitative estimate of drug-likeness (QED) is 0.629. The summed E-state index contributed by atoms with van der Waals surface area (Å²) in [7, 11) is -4.60. The third-order valence-corrected chi connectivity index (χ3v) is 3.94. The Morgan fingerprint density at radius 3 is 2.68 bits per heavy atom. The van der Waals surface area contributed by atoms with Crippen LogP contribution in [0.3, 0.4) is 0 Å². The lowest BCUT2D eigenvalue weighted by molar-refractivity contribution is -0.117. The zero-order valence-corrected chi connectivity index (χ0v) is 11.8. The van der Waals surface area contributed by atoms with Gasteiger partial charge in [0.05, 0.1) is 5.75 Å². The third-order valence-electron chi connectivity index (χ3n) is 2.66. The van der Waals surface area contributed by atoms with Gasteiger partial charge in [0.1, 0.15) is 11.0 Å². The monoisotopic (exact) mass is 326 g/mol. The maximum Gasteiger partial charge on any atom is 0.302 e. The van der Waals surface area contributed by atoms with Gasteiger partial charge in [-0.1, -0.05) is 23.2 Å². The predicted molar refractivity (Wildman–Crippen MR) is 69.6 cm³/mol. The first-order valence-corrected chi connectivity index (χ1v) is 7.61. The van der Waals surface area contributed by atoms with Gasteiger partial charge in [0, 0.05) is 23.9 Å². The van der Waals surface area contributed by atoms with Gasteiger partial charge in [-0.3, -0.25) is 9.69 Å². The molecule has 0 aliphatic carbocycles. The Bertz CT molecular complexity index is 603. The van der Waals surface area contributed by atoms with Gasteiger partial charge < -0.3 is 0 Å². The number of hydrogen-bond donors (Lipinski definition) is 0. The van der Waals surface area contributed by atoms with Crippen molar-refractivity contribution in [2.45, 2.75) is 6.42 Å². The Hall–Kier alpha value is -0.920. The molecule has 1 aliphatic heterocycles. The molecule has 1 saturated heterocycles. The van der Waals surface area contributed by atoms with Crippen LogP contribution in [0.4, 0.5) is 9.70 Å². The molecule has 2 heterocycles. The van der Waals surface area contributed by atoms with Crippen molar-refractivity contribution in [1.82, 2.24) is 4.98 Å². The first-order chi connectivity index (χ1) is 8.74. The van der Waals surface area contributed by atoms with E-state index in [4.69, 9.17) is 23.2 Å². The molecule has 1 aromatic heterocycles. The Labute approximate surface area is 119 Å². The molecule has 19 heavy (non-hydrogen) atoms. The zero-order valence-electron chi connectivity index (χ0n) is 9.51. The average Bonchev–Trinajstić information content (AvgIpc) is 2.54. The van der Waals surface area contributed by atoms with E-state index >= 15 is 0 Å². The first kappa shape index (κ1) is 14.5. The van der Waals surface area contributed by atoms with Gasteiger partial charge in [-0.25, -0.2) is 4.98 Å². The fourth-order valence-electron chi connectivity index (χ4n) is 1.99. The van der Waals surface area contributed by atoms with Crippen LogP contribution in [0.15, 0.2) is 12.1 Å². The summed E-state index contributed by atoms with van der Waals surface area (Å²) < 4.78 is 33.8. The van der Waals surface area contributed by atoms with Crippen molar-refractivity contribution in [3.05, 3.63) is 22.3 Å². The summed E-state index contributed by atoms with van der Waals surface area (Å²) in [4.78, 5) is 17.0. The summed E-state index contributed by atoms with van der Waals surface area (Å²) in [6.45, 7) is 0.0751. The van der Waals surface area contributed by atoms with Crippen LogP contribution in [0.25, 0.3) is 0 Å². The van der Waals surface area contributed by atoms with Gasteiger partial charge in [0.2, 0.25) is 5.91 Å². The van der Waals surface area contributed by atoms with Crippen molar-refractivity contribution in [2.24, 2.45) is 5.92 Å². The van der Waals surface area contributed by atoms with E-state index < -0.39 is 21.9 Å². The highest BCUT2D eigenvalue weighted by Gasteiger charge is 2.34. The van der Waals surface area contributed by atoms with E-state index in [1.54, 1.807) is 0 Å². The van der Waals surface area contributed by atoms with E-state index in [-0.39, 0.29) is 29.8 Å². The minimum Gasteiger partial charge on any atom is -0.296 e. The van der Waals surface area contributed by atoms with E-state index in [9.17, 15) is 17.1 Å². The summed E-state index contributed by atoms with van der Waals surface area (Å²) in [6, 6.07) is 2.86. The number of nitrogens with zero attached hydrogens (tertiary/aromatic N) is 2. The van der Waals surface area contributed by atoms with Gasteiger partial charge >= 0.3 is 10.2 Å². The lowest BCUT2D eigenvalue weighted by Crippen LogP contribution is -2.26. The number of carbonyl (C=O) groups is 1. The molecule has 1 aromatic rings. The van der Waals surface area contributed by atoms with Crippen molar-refractivity contribution in [3.8, 4) is 0 Å². The molecule has 0 aromatic carbocycles. The fourth-order valence-corrected chi connectivity index (χ4v) is 3.23. The zero-order chi connectivity index (χ0) is 14.2. The number of carbonyl (C=O) groups excluding carboxylic acids is 1. The maximum absolute atomic E-state index is 12.6. The SMILES string of the molecule is O=C1CC(CS(=O)(=O)F)CN1c1cc(Cl)cc(Cl)n1. The molecule has 1 amide bonds. The molecule has 104 valence electrons. The topological polar surface area (TPSA) is 67.3 Å². The van der Waals surface area contributed by atoms with E-state index in [0.29, 0.717) is 5.02 Å². The van der Waals surface area contributed by atoms with Crippen LogP contribution < -0.4 is 4.90 Å². The number of rotatable bonds is 3. The average molecular weight is 327 g/mol. The van der Waals surface area contributed by atoms with E-state index in [1.165, 1.54) is 17.0 Å². The van der Waals surface area contributed by atoms with Gasteiger partial charge in [0.15, 0.2) is 0 Å². The van der Waals surface area contributed by atoms with E-state index in [2.05, 4.69) is 4.98 Å². The van der Waals surface area contributed by atoms with Crippen LogP contribution >= 0.6 is 23.2 Å². The van der Waals surface area contributed by atoms with Crippen LogP contribution in [0.5, 0.6) is 0 Å². The van der Waals surface area contributed by atoms with Gasteiger partial charge in [-0.15, -0.1) is 3.89 Å². The molecule has 1 unspecified atom stereocenters. The number of halogens is 3. The standard InChI is InChI=1S/C10H9Cl2FN2O3S/c11-7-2-8(12)14-9(3-7)15-4-6(1-10(15)16)5-19(13,17)18/h2-3,6H,1,4-5H2. The molecule has 0 radical (unpaired) electrons. The van der Waals surface area contributed by atoms with E-state index in [1.807, 2.05) is 0 Å². The molecule has 0 N–H and O–H groups in total. The molecule has 2 rings (SSSR count). The Morgan fingerprint density at radius 2 is 2.11 bits per heavy atom. The second-order valence-electron chi connectivity index (χ2n) is 4.25. The molecule has 1 atom stereocenters.